The van der Waals surface area contributed by atoms with Crippen LogP contribution in [0.3, 0.4) is 0 Å². The number of esters is 2. The van der Waals surface area contributed by atoms with Gasteiger partial charge < -0.3 is 24.2 Å². The fraction of sp³-hybridized carbons (Fsp3) is 0.722. The van der Waals surface area contributed by atoms with Gasteiger partial charge in [-0.15, -0.1) is 0 Å². The van der Waals surface area contributed by atoms with Gasteiger partial charge in [-0.3, -0.25) is 14.4 Å². The van der Waals surface area contributed by atoms with Crippen molar-refractivity contribution in [1.82, 2.24) is 4.90 Å². The minimum absolute atomic E-state index is 0.0735. The number of aliphatic hydroxyl groups excluding tert-OH is 1. The molecule has 9 heteroatoms. The number of nitrogens with zero attached hydrogens (tertiary/aromatic N) is 1. The lowest BCUT2D eigenvalue weighted by Crippen LogP contribution is -2.54. The Bertz CT molecular complexity index is 660. The molecular formula is C18H26BrNO7. The highest BCUT2D eigenvalue weighted by atomic mass is 79.9. The lowest BCUT2D eigenvalue weighted by molar-refractivity contribution is -0.165. The van der Waals surface area contributed by atoms with Crippen LogP contribution in [0.5, 0.6) is 0 Å². The van der Waals surface area contributed by atoms with Gasteiger partial charge in [0.2, 0.25) is 0 Å². The molecule has 2 rings (SSSR count). The zero-order valence-electron chi connectivity index (χ0n) is 16.2. The largest absolute Gasteiger partial charge is 0.469 e. The zero-order valence-corrected chi connectivity index (χ0v) is 17.7. The van der Waals surface area contributed by atoms with Crippen LogP contribution in [-0.4, -0.2) is 73.3 Å². The quantitative estimate of drug-likeness (QED) is 0.491. The van der Waals surface area contributed by atoms with E-state index < -0.39 is 41.3 Å². The van der Waals surface area contributed by atoms with E-state index in [0.717, 1.165) is 27.1 Å². The van der Waals surface area contributed by atoms with Gasteiger partial charge in [-0.2, -0.15) is 0 Å². The van der Waals surface area contributed by atoms with Gasteiger partial charge in [-0.25, -0.2) is 0 Å². The first-order chi connectivity index (χ1) is 12.6. The Kier molecular flexibility index (Phi) is 6.70. The molecule has 152 valence electrons. The third kappa shape index (κ3) is 3.77. The highest BCUT2D eigenvalue weighted by molar-refractivity contribution is 9.12. The summed E-state index contributed by atoms with van der Waals surface area (Å²) in [6, 6.07) is -0.111. The first-order valence-corrected chi connectivity index (χ1v) is 9.51. The number of likely N-dealkylation sites (tertiary alicyclic amines) is 1. The van der Waals surface area contributed by atoms with Crippen molar-refractivity contribution in [3.05, 3.63) is 10.2 Å². The predicted octanol–water partition coefficient (Wildman–Crippen LogP) is 1.00. The molecule has 1 saturated heterocycles. The number of Topliss-reactive ketones (excluding diaryl/α,β-unsaturated/α-hetero) is 1. The average molecular weight is 448 g/mol. The first-order valence-electron chi connectivity index (χ1n) is 8.71. The molecule has 0 aromatic carbocycles. The van der Waals surface area contributed by atoms with Crippen LogP contribution in [0, 0.1) is 11.8 Å². The summed E-state index contributed by atoms with van der Waals surface area (Å²) in [5.41, 5.74) is -0.261. The van der Waals surface area contributed by atoms with Crippen molar-refractivity contribution in [3.63, 3.8) is 0 Å². The van der Waals surface area contributed by atoms with E-state index in [2.05, 4.69) is 20.7 Å². The monoisotopic (exact) mass is 447 g/mol. The Morgan fingerprint density at radius 2 is 1.78 bits per heavy atom. The standard InChI is InChI=1S/C18H26BrNO7/c1-18(2,27-5)9-7-6-8-20(9)13-12(19)14(21)10(16(23)25-3)11(15(13)22)17(24)26-4/h9-11,15,22H,6-8H2,1-5H3/t9-,10-,11-,15-/m0/s1. The molecule has 1 heterocycles. The van der Waals surface area contributed by atoms with Crippen LogP contribution in [0.15, 0.2) is 10.2 Å². The molecule has 1 fully saturated rings. The van der Waals surface area contributed by atoms with E-state index in [1.54, 1.807) is 7.11 Å². The number of carbonyl (C=O) groups is 3. The van der Waals surface area contributed by atoms with Crippen LogP contribution in [0.2, 0.25) is 0 Å². The van der Waals surface area contributed by atoms with E-state index >= 15 is 0 Å². The molecule has 1 aliphatic carbocycles. The van der Waals surface area contributed by atoms with E-state index in [-0.39, 0.29) is 16.2 Å². The van der Waals surface area contributed by atoms with Crippen molar-refractivity contribution in [2.45, 2.75) is 44.4 Å². The number of halogens is 1. The molecule has 0 spiro atoms. The number of methoxy groups -OCH3 is 3. The molecule has 0 bridgehead atoms. The maximum atomic E-state index is 12.9. The van der Waals surface area contributed by atoms with Crippen molar-refractivity contribution in [2.75, 3.05) is 27.9 Å². The van der Waals surface area contributed by atoms with Crippen molar-refractivity contribution in [2.24, 2.45) is 11.8 Å². The Morgan fingerprint density at radius 1 is 1.19 bits per heavy atom. The van der Waals surface area contributed by atoms with Gasteiger partial charge in [0.25, 0.3) is 0 Å². The van der Waals surface area contributed by atoms with Crippen LogP contribution in [0.1, 0.15) is 26.7 Å². The van der Waals surface area contributed by atoms with Gasteiger partial charge in [0.1, 0.15) is 17.9 Å². The Balaban J connectivity index is 2.55. The van der Waals surface area contributed by atoms with Gasteiger partial charge in [0.05, 0.1) is 36.0 Å². The van der Waals surface area contributed by atoms with Crippen molar-refractivity contribution in [3.8, 4) is 0 Å². The van der Waals surface area contributed by atoms with E-state index in [1.807, 2.05) is 18.7 Å². The Labute approximate surface area is 166 Å². The molecule has 0 radical (unpaired) electrons. The number of ether oxygens (including phenoxy) is 3. The molecule has 8 nitrogen and oxygen atoms in total. The lowest BCUT2D eigenvalue weighted by Gasteiger charge is -2.43. The summed E-state index contributed by atoms with van der Waals surface area (Å²) in [4.78, 5) is 39.3. The summed E-state index contributed by atoms with van der Waals surface area (Å²) in [5.74, 6) is -5.19. The van der Waals surface area contributed by atoms with Gasteiger partial charge >= 0.3 is 11.9 Å². The number of aliphatic hydroxyl groups is 1. The molecule has 0 saturated carbocycles. The van der Waals surface area contributed by atoms with Crippen LogP contribution in [0.4, 0.5) is 0 Å². The summed E-state index contributed by atoms with van der Waals surface area (Å²) in [6.45, 7) is 4.44. The molecule has 1 aliphatic heterocycles. The topological polar surface area (TPSA) is 102 Å². The smallest absolute Gasteiger partial charge is 0.317 e. The summed E-state index contributed by atoms with van der Waals surface area (Å²) >= 11 is 3.25. The van der Waals surface area contributed by atoms with Crippen LogP contribution < -0.4 is 0 Å². The summed E-state index contributed by atoms with van der Waals surface area (Å²) in [5, 5.41) is 11.0. The summed E-state index contributed by atoms with van der Waals surface area (Å²) < 4.78 is 15.1. The average Bonchev–Trinajstić information content (AvgIpc) is 3.13. The van der Waals surface area contributed by atoms with Gasteiger partial charge in [0.15, 0.2) is 5.78 Å². The van der Waals surface area contributed by atoms with Crippen LogP contribution in [-0.2, 0) is 28.6 Å². The highest BCUT2D eigenvalue weighted by Gasteiger charge is 2.54. The second kappa shape index (κ2) is 8.28. The van der Waals surface area contributed by atoms with E-state index in [4.69, 9.17) is 9.47 Å². The predicted molar refractivity (Wildman–Crippen MR) is 98.8 cm³/mol. The molecule has 4 atom stereocenters. The van der Waals surface area contributed by atoms with Crippen LogP contribution in [0.25, 0.3) is 0 Å². The lowest BCUT2D eigenvalue weighted by atomic mass is 9.77. The minimum atomic E-state index is -1.47. The fourth-order valence-electron chi connectivity index (χ4n) is 3.90. The number of allylic oxidation sites excluding steroid dienone is 1. The third-order valence-corrected chi connectivity index (χ3v) is 6.32. The number of rotatable bonds is 5. The first kappa shape index (κ1) is 21.8. The number of hydrogen-bond donors (Lipinski definition) is 1. The van der Waals surface area contributed by atoms with Gasteiger partial charge in [-0.1, -0.05) is 0 Å². The second-order valence-corrected chi connectivity index (χ2v) is 8.01. The van der Waals surface area contributed by atoms with E-state index in [0.29, 0.717) is 6.54 Å². The molecule has 2 aliphatic rings. The Hall–Kier alpha value is -1.45. The summed E-state index contributed by atoms with van der Waals surface area (Å²) in [6.07, 6.45) is 0.238. The van der Waals surface area contributed by atoms with Crippen molar-refractivity contribution < 1.29 is 33.7 Å². The second-order valence-electron chi connectivity index (χ2n) is 7.22. The maximum Gasteiger partial charge on any atom is 0.317 e. The number of hydrogen-bond acceptors (Lipinski definition) is 8. The third-order valence-electron chi connectivity index (χ3n) is 5.52. The zero-order chi connectivity index (χ0) is 20.5. The molecule has 27 heavy (non-hydrogen) atoms. The Morgan fingerprint density at radius 3 is 2.30 bits per heavy atom. The molecule has 0 amide bonds. The SMILES string of the molecule is COC(=O)[C@@H]1C(=O)C(Br)=C(N2CCC[C@H]2C(C)(C)OC)[C@@H](O)[C@H]1C(=O)OC. The minimum Gasteiger partial charge on any atom is -0.469 e. The van der Waals surface area contributed by atoms with Gasteiger partial charge in [0, 0.05) is 13.7 Å². The van der Waals surface area contributed by atoms with Crippen molar-refractivity contribution in [1.29, 1.82) is 0 Å². The number of carbonyl (C=O) groups excluding carboxylic acids is 3. The fourth-order valence-corrected chi connectivity index (χ4v) is 4.61. The molecule has 0 aromatic rings. The van der Waals surface area contributed by atoms with Crippen LogP contribution >= 0.6 is 15.9 Å². The molecular weight excluding hydrogens is 422 g/mol. The maximum absolute atomic E-state index is 12.9. The van der Waals surface area contributed by atoms with Crippen molar-refractivity contribution >= 4 is 33.7 Å². The normalized spacial score (nSPS) is 29.1. The molecule has 0 aromatic heterocycles. The molecule has 1 N–H and O–H groups in total. The van der Waals surface area contributed by atoms with Gasteiger partial charge in [-0.05, 0) is 42.6 Å². The molecule has 0 unspecified atom stereocenters. The van der Waals surface area contributed by atoms with E-state index in [1.165, 1.54) is 0 Å². The summed E-state index contributed by atoms with van der Waals surface area (Å²) in [7, 11) is 3.88. The number of ketones is 1. The van der Waals surface area contributed by atoms with E-state index in [9.17, 15) is 19.5 Å². The highest BCUT2D eigenvalue weighted by Crippen LogP contribution is 2.42.